The highest BCUT2D eigenvalue weighted by Crippen LogP contribution is 2.28. The second-order valence-corrected chi connectivity index (χ2v) is 6.50. The first-order valence-electron chi connectivity index (χ1n) is 9.23. The van der Waals surface area contributed by atoms with Gasteiger partial charge in [-0.2, -0.15) is 0 Å². The minimum absolute atomic E-state index is 0.0517. The monoisotopic (exact) mass is 368 g/mol. The molecule has 0 unspecified atom stereocenters. The Morgan fingerprint density at radius 1 is 0.857 bits per heavy atom. The van der Waals surface area contributed by atoms with Gasteiger partial charge in [0.25, 0.3) is 0 Å². The minimum Gasteiger partial charge on any atom is -0.488 e. The summed E-state index contributed by atoms with van der Waals surface area (Å²) in [5, 5.41) is 0.567. The topological polar surface area (TPSA) is 39.4 Å². The Morgan fingerprint density at radius 2 is 1.61 bits per heavy atom. The molecular formula is C25H20O3. The molecule has 0 aliphatic carbocycles. The molecule has 0 amide bonds. The van der Waals surface area contributed by atoms with Gasteiger partial charge in [-0.15, -0.1) is 0 Å². The smallest absolute Gasteiger partial charge is 0.192 e. The minimum atomic E-state index is -0.0517. The van der Waals surface area contributed by atoms with Crippen molar-refractivity contribution in [2.75, 3.05) is 0 Å². The molecule has 0 aliphatic rings. The van der Waals surface area contributed by atoms with Gasteiger partial charge in [0, 0.05) is 11.6 Å². The lowest BCUT2D eigenvalue weighted by atomic mass is 10.1. The molecule has 3 aromatic carbocycles. The Bertz CT molecular complexity index is 1140. The van der Waals surface area contributed by atoms with Gasteiger partial charge in [-0.25, -0.2) is 0 Å². The first-order chi connectivity index (χ1) is 13.8. The van der Waals surface area contributed by atoms with Crippen molar-refractivity contribution in [3.05, 3.63) is 118 Å². The van der Waals surface area contributed by atoms with E-state index in [4.69, 9.17) is 9.15 Å². The van der Waals surface area contributed by atoms with Gasteiger partial charge in [-0.1, -0.05) is 72.8 Å². The molecule has 0 radical (unpaired) electrons. The third-order valence-electron chi connectivity index (χ3n) is 4.56. The fourth-order valence-electron chi connectivity index (χ4n) is 3.13. The second kappa shape index (κ2) is 8.40. The Hall–Kier alpha value is -3.59. The molecule has 3 heteroatoms. The zero-order valence-corrected chi connectivity index (χ0v) is 15.4. The predicted octanol–water partition coefficient (Wildman–Crippen LogP) is 5.63. The Labute approximate surface area is 163 Å². The van der Waals surface area contributed by atoms with Crippen LogP contribution in [0.3, 0.4) is 0 Å². The van der Waals surface area contributed by atoms with Gasteiger partial charge >= 0.3 is 0 Å². The van der Waals surface area contributed by atoms with Crippen molar-refractivity contribution in [1.82, 2.24) is 0 Å². The van der Waals surface area contributed by atoms with Gasteiger partial charge in [0.2, 0.25) is 0 Å². The van der Waals surface area contributed by atoms with E-state index in [9.17, 15) is 4.79 Å². The summed E-state index contributed by atoms with van der Waals surface area (Å²) in [5.74, 6) is 0.725. The highest BCUT2D eigenvalue weighted by atomic mass is 16.5. The molecule has 4 aromatic rings. The third-order valence-corrected chi connectivity index (χ3v) is 4.56. The van der Waals surface area contributed by atoms with Crippen LogP contribution in [0.5, 0.6) is 5.75 Å². The number of allylic oxidation sites excluding steroid dienone is 1. The number of hydrogen-bond acceptors (Lipinski definition) is 3. The normalized spacial score (nSPS) is 11.1. The summed E-state index contributed by atoms with van der Waals surface area (Å²) in [7, 11) is 0. The molecule has 1 aromatic heterocycles. The maximum atomic E-state index is 12.2. The summed E-state index contributed by atoms with van der Waals surface area (Å²) in [6, 6.07) is 25.2. The largest absolute Gasteiger partial charge is 0.488 e. The fourth-order valence-corrected chi connectivity index (χ4v) is 3.13. The fraction of sp³-hybridized carbons (Fsp3) is 0.0800. The Morgan fingerprint density at radius 3 is 2.39 bits per heavy atom. The number of fused-ring (bicyclic) bond motifs is 1. The first kappa shape index (κ1) is 17.8. The molecule has 0 saturated carbocycles. The van der Waals surface area contributed by atoms with E-state index in [-0.39, 0.29) is 5.43 Å². The first-order valence-corrected chi connectivity index (χ1v) is 9.23. The van der Waals surface area contributed by atoms with Crippen LogP contribution in [0.15, 0.2) is 100 Å². The van der Waals surface area contributed by atoms with Crippen LogP contribution in [0.4, 0.5) is 0 Å². The number of ether oxygens (including phenoxy) is 1. The zero-order valence-electron chi connectivity index (χ0n) is 15.4. The van der Waals surface area contributed by atoms with Gasteiger partial charge in [0.15, 0.2) is 5.43 Å². The van der Waals surface area contributed by atoms with Crippen molar-refractivity contribution < 1.29 is 9.15 Å². The molecule has 1 heterocycles. The van der Waals surface area contributed by atoms with Crippen molar-refractivity contribution in [3.8, 4) is 5.75 Å². The Balaban J connectivity index is 1.67. The number of hydrogen-bond donors (Lipinski definition) is 0. The number of rotatable bonds is 6. The van der Waals surface area contributed by atoms with Crippen LogP contribution in [0.1, 0.15) is 16.7 Å². The van der Waals surface area contributed by atoms with E-state index in [2.05, 4.69) is 12.2 Å². The standard InChI is InChI=1S/C25H20O3/c26-23-16-17-27-25-21(23)14-15-24(28-18-20-10-5-2-6-11-20)22(25)13-7-12-19-8-3-1-4-9-19/h1-12,14-17H,13,18H2/b12-7+. The molecule has 138 valence electrons. The molecule has 0 aliphatic heterocycles. The Kier molecular flexibility index (Phi) is 5.34. The van der Waals surface area contributed by atoms with E-state index in [1.54, 1.807) is 6.07 Å². The molecule has 0 spiro atoms. The van der Waals surface area contributed by atoms with E-state index < -0.39 is 0 Å². The molecule has 28 heavy (non-hydrogen) atoms. The highest BCUT2D eigenvalue weighted by molar-refractivity contribution is 5.82. The van der Waals surface area contributed by atoms with E-state index in [0.717, 1.165) is 22.4 Å². The van der Waals surface area contributed by atoms with Crippen LogP contribution in [0.2, 0.25) is 0 Å². The molecule has 0 atom stereocenters. The number of benzene rings is 3. The van der Waals surface area contributed by atoms with Crippen molar-refractivity contribution in [2.24, 2.45) is 0 Å². The summed E-state index contributed by atoms with van der Waals surface area (Å²) in [5.41, 5.74) is 3.61. The lowest BCUT2D eigenvalue weighted by molar-refractivity contribution is 0.303. The summed E-state index contributed by atoms with van der Waals surface area (Å²) in [4.78, 5) is 12.2. The lowest BCUT2D eigenvalue weighted by Crippen LogP contribution is -2.03. The predicted molar refractivity (Wildman–Crippen MR) is 112 cm³/mol. The third kappa shape index (κ3) is 4.04. The van der Waals surface area contributed by atoms with Crippen LogP contribution < -0.4 is 10.2 Å². The average molecular weight is 368 g/mol. The van der Waals surface area contributed by atoms with Gasteiger partial charge in [0.05, 0.1) is 11.6 Å². The SMILES string of the molecule is O=c1ccoc2c(C/C=C/c3ccccc3)c(OCc3ccccc3)ccc12. The van der Waals surface area contributed by atoms with Crippen molar-refractivity contribution in [3.63, 3.8) is 0 Å². The molecule has 3 nitrogen and oxygen atoms in total. The van der Waals surface area contributed by atoms with Gasteiger partial charge in [0.1, 0.15) is 17.9 Å². The maximum absolute atomic E-state index is 12.2. The van der Waals surface area contributed by atoms with E-state index >= 15 is 0 Å². The maximum Gasteiger partial charge on any atom is 0.192 e. The summed E-state index contributed by atoms with van der Waals surface area (Å²) < 4.78 is 11.8. The van der Waals surface area contributed by atoms with Crippen molar-refractivity contribution in [2.45, 2.75) is 13.0 Å². The van der Waals surface area contributed by atoms with Gasteiger partial charge < -0.3 is 9.15 Å². The van der Waals surface area contributed by atoms with E-state index in [1.807, 2.05) is 66.7 Å². The summed E-state index contributed by atoms with van der Waals surface area (Å²) >= 11 is 0. The average Bonchev–Trinajstić information content (AvgIpc) is 2.75. The molecular weight excluding hydrogens is 348 g/mol. The molecule has 0 bridgehead atoms. The molecule has 0 fully saturated rings. The van der Waals surface area contributed by atoms with Crippen molar-refractivity contribution >= 4 is 17.0 Å². The van der Waals surface area contributed by atoms with E-state index in [0.29, 0.717) is 24.0 Å². The van der Waals surface area contributed by atoms with Crippen molar-refractivity contribution in [1.29, 1.82) is 0 Å². The lowest BCUT2D eigenvalue weighted by Gasteiger charge is -2.12. The quantitative estimate of drug-likeness (QED) is 0.443. The molecule has 0 N–H and O–H groups in total. The summed E-state index contributed by atoms with van der Waals surface area (Å²) in [6.07, 6.45) is 6.16. The molecule has 4 rings (SSSR count). The van der Waals surface area contributed by atoms with E-state index in [1.165, 1.54) is 12.3 Å². The highest BCUT2D eigenvalue weighted by Gasteiger charge is 2.12. The zero-order chi connectivity index (χ0) is 19.2. The summed E-state index contributed by atoms with van der Waals surface area (Å²) in [6.45, 7) is 0.457. The van der Waals surface area contributed by atoms with Gasteiger partial charge in [-0.05, 0) is 29.7 Å². The molecule has 0 saturated heterocycles. The van der Waals surface area contributed by atoms with Crippen LogP contribution in [0, 0.1) is 0 Å². The van der Waals surface area contributed by atoms with Gasteiger partial charge in [-0.3, -0.25) is 4.79 Å². The van der Waals surface area contributed by atoms with Crippen LogP contribution in [-0.4, -0.2) is 0 Å². The van der Waals surface area contributed by atoms with Crippen LogP contribution in [0.25, 0.3) is 17.0 Å². The van der Waals surface area contributed by atoms with Crippen LogP contribution in [-0.2, 0) is 13.0 Å². The van der Waals surface area contributed by atoms with Crippen LogP contribution >= 0.6 is 0 Å². The second-order valence-electron chi connectivity index (χ2n) is 6.50.